The topological polar surface area (TPSA) is 12.0 Å². The Kier molecular flexibility index (Phi) is 3.37. The van der Waals surface area contributed by atoms with E-state index in [2.05, 4.69) is 45.7 Å². The molecule has 1 N–H and O–H groups in total. The Labute approximate surface area is 70.2 Å². The molecule has 0 aliphatic carbocycles. The van der Waals surface area contributed by atoms with Crippen LogP contribution in [0.5, 0.6) is 0 Å². The van der Waals surface area contributed by atoms with Crippen LogP contribution in [0.15, 0.2) is 23.9 Å². The van der Waals surface area contributed by atoms with Crippen molar-refractivity contribution in [3.8, 4) is 0 Å². The second kappa shape index (κ2) is 3.61. The molecule has 0 unspecified atom stereocenters. The molecule has 0 atom stereocenters. The molecule has 0 aromatic carbocycles. The Morgan fingerprint density at radius 3 is 2.18 bits per heavy atom. The van der Waals surface area contributed by atoms with Crippen LogP contribution >= 0.6 is 0 Å². The Hall–Kier alpha value is -0.720. The number of nitrogens with one attached hydrogen (secondary N) is 1. The van der Waals surface area contributed by atoms with Gasteiger partial charge < -0.3 is 5.32 Å². The summed E-state index contributed by atoms with van der Waals surface area (Å²) in [5.74, 6) is 0. The van der Waals surface area contributed by atoms with Gasteiger partial charge in [0.1, 0.15) is 0 Å². The highest BCUT2D eigenvalue weighted by Crippen LogP contribution is 2.31. The van der Waals surface area contributed by atoms with Crippen molar-refractivity contribution in [3.05, 3.63) is 23.9 Å². The average molecular weight is 153 g/mol. The van der Waals surface area contributed by atoms with Crippen molar-refractivity contribution >= 4 is 0 Å². The molecule has 0 aliphatic rings. The summed E-state index contributed by atoms with van der Waals surface area (Å²) in [6.45, 7) is 12.5. The first-order valence-corrected chi connectivity index (χ1v) is 3.97. The molecular weight excluding hydrogens is 134 g/mol. The van der Waals surface area contributed by atoms with Gasteiger partial charge in [-0.15, -0.1) is 0 Å². The minimum atomic E-state index is 0.0729. The van der Waals surface area contributed by atoms with Gasteiger partial charge in [0.2, 0.25) is 0 Å². The van der Waals surface area contributed by atoms with E-state index in [1.54, 1.807) is 0 Å². The quantitative estimate of drug-likeness (QED) is 0.615. The number of rotatable bonds is 3. The predicted molar refractivity (Wildman–Crippen MR) is 51.4 cm³/mol. The van der Waals surface area contributed by atoms with Crippen molar-refractivity contribution < 1.29 is 0 Å². The van der Waals surface area contributed by atoms with Gasteiger partial charge in [0.25, 0.3) is 0 Å². The Morgan fingerprint density at radius 2 is 1.91 bits per heavy atom. The number of hydrogen-bond donors (Lipinski definition) is 1. The Morgan fingerprint density at radius 1 is 1.45 bits per heavy atom. The monoisotopic (exact) mass is 153 g/mol. The maximum absolute atomic E-state index is 3.96. The fourth-order valence-corrected chi connectivity index (χ4v) is 0.911. The third kappa shape index (κ3) is 2.11. The summed E-state index contributed by atoms with van der Waals surface area (Å²) in [5.41, 5.74) is 2.48. The molecule has 0 radical (unpaired) electrons. The van der Waals surface area contributed by atoms with Crippen molar-refractivity contribution in [3.63, 3.8) is 0 Å². The highest BCUT2D eigenvalue weighted by atomic mass is 14.8. The van der Waals surface area contributed by atoms with Gasteiger partial charge in [0.05, 0.1) is 0 Å². The summed E-state index contributed by atoms with van der Waals surface area (Å²) in [7, 11) is 1.91. The number of allylic oxidation sites excluding steroid dienone is 2. The molecule has 0 saturated heterocycles. The van der Waals surface area contributed by atoms with Crippen LogP contribution < -0.4 is 5.32 Å². The normalized spacial score (nSPS) is 13.0. The molecular formula is C10H19N. The summed E-state index contributed by atoms with van der Waals surface area (Å²) < 4.78 is 0. The molecule has 11 heavy (non-hydrogen) atoms. The van der Waals surface area contributed by atoms with Crippen molar-refractivity contribution in [2.24, 2.45) is 5.41 Å². The van der Waals surface area contributed by atoms with Crippen molar-refractivity contribution in [2.45, 2.75) is 27.7 Å². The van der Waals surface area contributed by atoms with Crippen LogP contribution in [0.3, 0.4) is 0 Å². The van der Waals surface area contributed by atoms with E-state index in [1.165, 1.54) is 5.57 Å². The van der Waals surface area contributed by atoms with Crippen LogP contribution in [0.2, 0.25) is 0 Å². The van der Waals surface area contributed by atoms with Gasteiger partial charge in [-0.1, -0.05) is 32.1 Å². The van der Waals surface area contributed by atoms with Crippen molar-refractivity contribution in [1.82, 2.24) is 5.32 Å². The van der Waals surface area contributed by atoms with Crippen LogP contribution in [-0.4, -0.2) is 7.05 Å². The third-order valence-electron chi connectivity index (χ3n) is 2.48. The molecule has 0 aromatic heterocycles. The highest BCUT2D eigenvalue weighted by Gasteiger charge is 2.21. The minimum absolute atomic E-state index is 0.0729. The lowest BCUT2D eigenvalue weighted by Crippen LogP contribution is -2.24. The Bertz CT molecular complexity index is 175. The summed E-state index contributed by atoms with van der Waals surface area (Å²) in [6, 6.07) is 0. The van der Waals surface area contributed by atoms with Crippen LogP contribution in [0.25, 0.3) is 0 Å². The molecule has 0 bridgehead atoms. The minimum Gasteiger partial charge on any atom is -0.391 e. The molecule has 0 heterocycles. The van der Waals surface area contributed by atoms with E-state index < -0.39 is 0 Å². The molecule has 1 heteroatoms. The van der Waals surface area contributed by atoms with Crippen LogP contribution in [-0.2, 0) is 0 Å². The van der Waals surface area contributed by atoms with Gasteiger partial charge in [0, 0.05) is 18.2 Å². The lowest BCUT2D eigenvalue weighted by molar-refractivity contribution is 0.506. The van der Waals surface area contributed by atoms with E-state index in [0.29, 0.717) is 0 Å². The molecule has 64 valence electrons. The summed E-state index contributed by atoms with van der Waals surface area (Å²) in [5, 5.41) is 3.09. The fourth-order valence-electron chi connectivity index (χ4n) is 0.911. The van der Waals surface area contributed by atoms with E-state index in [4.69, 9.17) is 0 Å². The second-order valence-corrected chi connectivity index (χ2v) is 3.33. The summed E-state index contributed by atoms with van der Waals surface area (Å²) in [6.07, 6.45) is 2.13. The molecule has 0 amide bonds. The zero-order chi connectivity index (χ0) is 9.07. The zero-order valence-corrected chi connectivity index (χ0v) is 8.28. The van der Waals surface area contributed by atoms with Crippen molar-refractivity contribution in [2.75, 3.05) is 7.05 Å². The van der Waals surface area contributed by atoms with E-state index in [1.807, 2.05) is 7.05 Å². The second-order valence-electron chi connectivity index (χ2n) is 3.33. The smallest absolute Gasteiger partial charge is 0.0243 e. The molecule has 0 aromatic rings. The van der Waals surface area contributed by atoms with Gasteiger partial charge in [0.15, 0.2) is 0 Å². The maximum Gasteiger partial charge on any atom is 0.0243 e. The molecule has 0 aliphatic heterocycles. The standard InChI is InChI=1S/C10H19N/c1-7-8(2)10(4,5)9(3)11-6/h7,11H,3H2,1-2,4-6H3/b8-7+. The van der Waals surface area contributed by atoms with Gasteiger partial charge in [-0.05, 0) is 13.8 Å². The first kappa shape index (κ1) is 10.3. The Balaban J connectivity index is 4.58. The van der Waals surface area contributed by atoms with Gasteiger partial charge >= 0.3 is 0 Å². The van der Waals surface area contributed by atoms with E-state index in [9.17, 15) is 0 Å². The fraction of sp³-hybridized carbons (Fsp3) is 0.600. The SMILES string of the molecule is C=C(NC)C(C)(C)/C(C)=C/C. The van der Waals surface area contributed by atoms with Crippen LogP contribution in [0.1, 0.15) is 27.7 Å². The molecule has 1 nitrogen and oxygen atoms in total. The van der Waals surface area contributed by atoms with Crippen LogP contribution in [0.4, 0.5) is 0 Å². The van der Waals surface area contributed by atoms with Gasteiger partial charge in [-0.3, -0.25) is 0 Å². The first-order chi connectivity index (χ1) is 4.96. The maximum atomic E-state index is 3.96. The largest absolute Gasteiger partial charge is 0.391 e. The molecule has 0 saturated carbocycles. The predicted octanol–water partition coefficient (Wildman–Crippen LogP) is 2.71. The van der Waals surface area contributed by atoms with E-state index >= 15 is 0 Å². The van der Waals surface area contributed by atoms with E-state index in [-0.39, 0.29) is 5.41 Å². The molecule has 0 spiro atoms. The summed E-state index contributed by atoms with van der Waals surface area (Å²) >= 11 is 0. The lowest BCUT2D eigenvalue weighted by atomic mass is 9.82. The lowest BCUT2D eigenvalue weighted by Gasteiger charge is -2.28. The van der Waals surface area contributed by atoms with Gasteiger partial charge in [-0.2, -0.15) is 0 Å². The highest BCUT2D eigenvalue weighted by molar-refractivity contribution is 5.21. The zero-order valence-electron chi connectivity index (χ0n) is 8.28. The van der Waals surface area contributed by atoms with Crippen molar-refractivity contribution in [1.29, 1.82) is 0 Å². The summed E-state index contributed by atoms with van der Waals surface area (Å²) in [4.78, 5) is 0. The molecule has 0 rings (SSSR count). The molecule has 0 fully saturated rings. The van der Waals surface area contributed by atoms with Gasteiger partial charge in [-0.25, -0.2) is 0 Å². The third-order valence-corrected chi connectivity index (χ3v) is 2.48. The average Bonchev–Trinajstić information content (AvgIpc) is 2.01. The van der Waals surface area contributed by atoms with E-state index in [0.717, 1.165) is 5.70 Å². The van der Waals surface area contributed by atoms with Crippen LogP contribution in [0, 0.1) is 5.41 Å². The number of hydrogen-bond acceptors (Lipinski definition) is 1. The first-order valence-electron chi connectivity index (χ1n) is 3.97.